The fourth-order valence-corrected chi connectivity index (χ4v) is 2.13. The van der Waals surface area contributed by atoms with E-state index in [2.05, 4.69) is 4.74 Å². The van der Waals surface area contributed by atoms with Crippen molar-refractivity contribution >= 4 is 29.2 Å². The average molecular weight is 290 g/mol. The standard InChI is InChI=1S/C13H17Cl2NO2/c1-18-13(17)5-3-2-4-12(16)10-8-9(14)6-7-11(10)15/h6-8,12H,2-5,16H2,1H3. The van der Waals surface area contributed by atoms with Gasteiger partial charge in [-0.3, -0.25) is 4.79 Å². The predicted molar refractivity (Wildman–Crippen MR) is 73.9 cm³/mol. The first-order valence-corrected chi connectivity index (χ1v) is 6.57. The number of benzene rings is 1. The van der Waals surface area contributed by atoms with E-state index in [1.165, 1.54) is 7.11 Å². The maximum absolute atomic E-state index is 10.9. The Labute approximate surface area is 117 Å². The largest absolute Gasteiger partial charge is 0.469 e. The van der Waals surface area contributed by atoms with E-state index >= 15 is 0 Å². The molecule has 2 N–H and O–H groups in total. The monoisotopic (exact) mass is 289 g/mol. The van der Waals surface area contributed by atoms with Crippen molar-refractivity contribution in [3.63, 3.8) is 0 Å². The molecule has 0 heterocycles. The Kier molecular flexibility index (Phi) is 6.47. The molecule has 3 nitrogen and oxygen atoms in total. The third-order valence-corrected chi connectivity index (χ3v) is 3.31. The number of hydrogen-bond donors (Lipinski definition) is 1. The van der Waals surface area contributed by atoms with Crippen molar-refractivity contribution in [2.45, 2.75) is 31.7 Å². The number of carbonyl (C=O) groups excluding carboxylic acids is 1. The quantitative estimate of drug-likeness (QED) is 0.641. The molecule has 1 aromatic rings. The zero-order chi connectivity index (χ0) is 13.5. The SMILES string of the molecule is COC(=O)CCCCC(N)c1cc(Cl)ccc1Cl. The summed E-state index contributed by atoms with van der Waals surface area (Å²) in [7, 11) is 1.39. The minimum Gasteiger partial charge on any atom is -0.469 e. The minimum absolute atomic E-state index is 0.158. The van der Waals surface area contributed by atoms with Gasteiger partial charge in [0.25, 0.3) is 0 Å². The molecule has 0 fully saturated rings. The molecule has 1 atom stereocenters. The third kappa shape index (κ3) is 4.84. The lowest BCUT2D eigenvalue weighted by Gasteiger charge is -2.13. The molecule has 5 heteroatoms. The number of methoxy groups -OCH3 is 1. The zero-order valence-corrected chi connectivity index (χ0v) is 11.8. The molecule has 1 unspecified atom stereocenters. The molecule has 1 aromatic carbocycles. The lowest BCUT2D eigenvalue weighted by atomic mass is 10.0. The number of carbonyl (C=O) groups is 1. The van der Waals surface area contributed by atoms with Crippen LogP contribution >= 0.6 is 23.2 Å². The second kappa shape index (κ2) is 7.62. The van der Waals surface area contributed by atoms with Crippen LogP contribution in [0.4, 0.5) is 0 Å². The van der Waals surface area contributed by atoms with Crippen LogP contribution < -0.4 is 5.73 Å². The molecule has 0 saturated carbocycles. The fourth-order valence-electron chi connectivity index (χ4n) is 1.69. The number of esters is 1. The molecule has 0 bridgehead atoms. The van der Waals surface area contributed by atoms with Gasteiger partial charge < -0.3 is 10.5 Å². The Balaban J connectivity index is 2.43. The van der Waals surface area contributed by atoms with Crippen molar-refractivity contribution in [1.82, 2.24) is 0 Å². The number of nitrogens with two attached hydrogens (primary N) is 1. The Morgan fingerprint density at radius 2 is 2.11 bits per heavy atom. The molecule has 0 amide bonds. The number of rotatable bonds is 6. The van der Waals surface area contributed by atoms with Gasteiger partial charge in [0.1, 0.15) is 0 Å². The summed E-state index contributed by atoms with van der Waals surface area (Å²) in [5, 5.41) is 1.25. The Bertz CT molecular complexity index is 410. The van der Waals surface area contributed by atoms with Crippen LogP contribution in [0.1, 0.15) is 37.3 Å². The molecular formula is C13H17Cl2NO2. The third-order valence-electron chi connectivity index (χ3n) is 2.73. The highest BCUT2D eigenvalue weighted by atomic mass is 35.5. The van der Waals surface area contributed by atoms with Gasteiger partial charge in [0.2, 0.25) is 0 Å². The van der Waals surface area contributed by atoms with Crippen molar-refractivity contribution in [3.05, 3.63) is 33.8 Å². The van der Waals surface area contributed by atoms with Gasteiger partial charge in [-0.05, 0) is 36.6 Å². The first kappa shape index (κ1) is 15.3. The van der Waals surface area contributed by atoms with Crippen LogP contribution in [-0.2, 0) is 9.53 Å². The van der Waals surface area contributed by atoms with Gasteiger partial charge in [-0.25, -0.2) is 0 Å². The minimum atomic E-state index is -0.190. The first-order valence-electron chi connectivity index (χ1n) is 5.82. The highest BCUT2D eigenvalue weighted by Crippen LogP contribution is 2.27. The number of halogens is 2. The topological polar surface area (TPSA) is 52.3 Å². The van der Waals surface area contributed by atoms with E-state index in [0.717, 1.165) is 24.8 Å². The van der Waals surface area contributed by atoms with Gasteiger partial charge in [-0.1, -0.05) is 29.6 Å². The Hall–Kier alpha value is -0.770. The molecule has 0 aliphatic heterocycles. The van der Waals surface area contributed by atoms with Gasteiger partial charge in [-0.15, -0.1) is 0 Å². The zero-order valence-electron chi connectivity index (χ0n) is 10.3. The van der Waals surface area contributed by atoms with Crippen LogP contribution in [0, 0.1) is 0 Å². The van der Waals surface area contributed by atoms with Crippen LogP contribution in [0.2, 0.25) is 10.0 Å². The van der Waals surface area contributed by atoms with Crippen molar-refractivity contribution < 1.29 is 9.53 Å². The van der Waals surface area contributed by atoms with Gasteiger partial charge in [0.05, 0.1) is 7.11 Å². The maximum atomic E-state index is 10.9. The van der Waals surface area contributed by atoms with Crippen LogP contribution in [0.15, 0.2) is 18.2 Å². The summed E-state index contributed by atoms with van der Waals surface area (Å²) in [5.41, 5.74) is 6.90. The summed E-state index contributed by atoms with van der Waals surface area (Å²) < 4.78 is 4.57. The number of hydrogen-bond acceptors (Lipinski definition) is 3. The van der Waals surface area contributed by atoms with Crippen molar-refractivity contribution in [2.24, 2.45) is 5.73 Å². The van der Waals surface area contributed by atoms with Crippen LogP contribution in [0.3, 0.4) is 0 Å². The van der Waals surface area contributed by atoms with Crippen LogP contribution in [0.25, 0.3) is 0 Å². The molecule has 0 aromatic heterocycles. The van der Waals surface area contributed by atoms with E-state index < -0.39 is 0 Å². The van der Waals surface area contributed by atoms with Crippen LogP contribution in [0.5, 0.6) is 0 Å². The second-order valence-electron chi connectivity index (χ2n) is 4.09. The van der Waals surface area contributed by atoms with E-state index in [1.54, 1.807) is 18.2 Å². The lowest BCUT2D eigenvalue weighted by molar-refractivity contribution is -0.140. The molecule has 0 aliphatic rings. The van der Waals surface area contributed by atoms with E-state index in [1.807, 2.05) is 0 Å². The highest BCUT2D eigenvalue weighted by Gasteiger charge is 2.11. The van der Waals surface area contributed by atoms with Crippen LogP contribution in [-0.4, -0.2) is 13.1 Å². The van der Waals surface area contributed by atoms with Gasteiger partial charge in [-0.2, -0.15) is 0 Å². The molecule has 1 rings (SSSR count). The average Bonchev–Trinajstić information content (AvgIpc) is 2.36. The number of ether oxygens (including phenoxy) is 1. The van der Waals surface area contributed by atoms with E-state index in [0.29, 0.717) is 16.5 Å². The summed E-state index contributed by atoms with van der Waals surface area (Å²) in [4.78, 5) is 10.9. The molecule has 0 aliphatic carbocycles. The Morgan fingerprint density at radius 3 is 2.78 bits per heavy atom. The first-order chi connectivity index (χ1) is 8.54. The van der Waals surface area contributed by atoms with Gasteiger partial charge in [0.15, 0.2) is 0 Å². The van der Waals surface area contributed by atoms with Gasteiger partial charge in [0, 0.05) is 22.5 Å². The lowest BCUT2D eigenvalue weighted by Crippen LogP contribution is -2.11. The van der Waals surface area contributed by atoms with Gasteiger partial charge >= 0.3 is 5.97 Å². The summed E-state index contributed by atoms with van der Waals surface area (Å²) in [6.45, 7) is 0. The molecule has 100 valence electrons. The Morgan fingerprint density at radius 1 is 1.39 bits per heavy atom. The van der Waals surface area contributed by atoms with E-state index in [9.17, 15) is 4.79 Å². The summed E-state index contributed by atoms with van der Waals surface area (Å²) in [6.07, 6.45) is 2.79. The second-order valence-corrected chi connectivity index (χ2v) is 4.94. The molecule has 18 heavy (non-hydrogen) atoms. The molecular weight excluding hydrogens is 273 g/mol. The van der Waals surface area contributed by atoms with E-state index in [-0.39, 0.29) is 12.0 Å². The smallest absolute Gasteiger partial charge is 0.305 e. The summed E-state index contributed by atoms with van der Waals surface area (Å²) >= 11 is 12.0. The van der Waals surface area contributed by atoms with E-state index in [4.69, 9.17) is 28.9 Å². The normalized spacial score (nSPS) is 12.2. The maximum Gasteiger partial charge on any atom is 0.305 e. The van der Waals surface area contributed by atoms with Crippen molar-refractivity contribution in [3.8, 4) is 0 Å². The number of unbranched alkanes of at least 4 members (excludes halogenated alkanes) is 1. The van der Waals surface area contributed by atoms with Crippen molar-refractivity contribution in [1.29, 1.82) is 0 Å². The molecule has 0 spiro atoms. The molecule has 0 saturated heterocycles. The van der Waals surface area contributed by atoms with Crippen molar-refractivity contribution in [2.75, 3.05) is 7.11 Å². The summed E-state index contributed by atoms with van der Waals surface area (Å²) in [5.74, 6) is -0.190. The fraction of sp³-hybridized carbons (Fsp3) is 0.462. The predicted octanol–water partition coefficient (Wildman–Crippen LogP) is 3.73. The highest BCUT2D eigenvalue weighted by molar-refractivity contribution is 6.33. The summed E-state index contributed by atoms with van der Waals surface area (Å²) in [6, 6.07) is 5.11. The molecule has 0 radical (unpaired) electrons.